The van der Waals surface area contributed by atoms with Crippen LogP contribution in [0.3, 0.4) is 0 Å². The van der Waals surface area contributed by atoms with Gasteiger partial charge in [-0.1, -0.05) is 363 Å². The van der Waals surface area contributed by atoms with E-state index in [9.17, 15) is 0 Å². The van der Waals surface area contributed by atoms with Crippen LogP contribution in [0.2, 0.25) is 0 Å². The molecule has 0 amide bonds. The van der Waals surface area contributed by atoms with Crippen LogP contribution in [-0.4, -0.2) is 13.7 Å². The molecule has 31 rings (SSSR count). The third kappa shape index (κ3) is 9.98. The van der Waals surface area contributed by atoms with Crippen LogP contribution in [0.25, 0.3) is 259 Å². The fraction of sp³-hybridized carbons (Fsp3) is 0.0698. The van der Waals surface area contributed by atoms with Crippen molar-refractivity contribution in [2.75, 3.05) is 0 Å². The van der Waals surface area contributed by atoms with Crippen molar-refractivity contribution in [1.82, 2.24) is 13.7 Å². The number of furan rings is 1. The minimum Gasteiger partial charge on any atom is -0.456 e. The predicted molar refractivity (Wildman–Crippen MR) is 559 cm³/mol. The van der Waals surface area contributed by atoms with E-state index in [2.05, 4.69) is 462 Å². The molecule has 133 heavy (non-hydrogen) atoms. The van der Waals surface area contributed by atoms with Crippen LogP contribution in [0.5, 0.6) is 0 Å². The Bertz CT molecular complexity index is 9510. The fourth-order valence-corrected chi connectivity index (χ4v) is 25.8. The van der Waals surface area contributed by atoms with Gasteiger partial charge in [0.1, 0.15) is 11.2 Å². The Balaban J connectivity index is 0.0000000985. The van der Waals surface area contributed by atoms with E-state index in [1.807, 2.05) is 0 Å². The summed E-state index contributed by atoms with van der Waals surface area (Å²) in [6.07, 6.45) is 0. The van der Waals surface area contributed by atoms with Crippen molar-refractivity contribution in [2.45, 2.75) is 57.8 Å². The monoisotopic (exact) mass is 1690 g/mol. The lowest BCUT2D eigenvalue weighted by molar-refractivity contribution is 0.666. The van der Waals surface area contributed by atoms with Crippen LogP contribution in [0, 0.1) is 0 Å². The minimum atomic E-state index is -0.104. The SMILES string of the molecule is CC1(C)c2ccccc2-c2ccc3c(c21)c1ccccc1n3-c1ccc2c(c1)-c1cccc3cccc-2c13.CC1(C)c2ccccc2-c2ccc3c(c21)c1ccccc1n3-c1ccc2oc3ccc(-c4ccc5c6c(cccc46)-c4ccccc4-5)cc3c2c1.CC1(C)c2ccccc2-c2ccc3c(c21)c1ccccc1n3-c1ccccc1-c1ccc2c3c(cccc13)-c1ccccc1-2. The molecule has 0 fully saturated rings. The maximum absolute atomic E-state index is 6.48. The van der Waals surface area contributed by atoms with Gasteiger partial charge in [0, 0.05) is 76.3 Å². The average molecular weight is 1690 g/mol. The van der Waals surface area contributed by atoms with Gasteiger partial charge < -0.3 is 18.1 Å². The molecule has 4 nitrogen and oxygen atoms in total. The highest BCUT2D eigenvalue weighted by molar-refractivity contribution is 6.24. The van der Waals surface area contributed by atoms with Crippen molar-refractivity contribution in [3.05, 3.63) is 440 Å². The highest BCUT2D eigenvalue weighted by Crippen LogP contribution is 2.60. The molecule has 0 saturated carbocycles. The molecule has 4 heterocycles. The fourth-order valence-electron chi connectivity index (χ4n) is 25.8. The molecule has 6 aliphatic rings. The van der Waals surface area contributed by atoms with Crippen molar-refractivity contribution in [3.63, 3.8) is 0 Å². The maximum Gasteiger partial charge on any atom is 0.135 e. The lowest BCUT2D eigenvalue weighted by Gasteiger charge is -2.22. The second-order valence-electron chi connectivity index (χ2n) is 39.0. The lowest BCUT2D eigenvalue weighted by Crippen LogP contribution is -2.15. The zero-order chi connectivity index (χ0) is 87.9. The van der Waals surface area contributed by atoms with E-state index in [0.29, 0.717) is 0 Å². The van der Waals surface area contributed by atoms with Crippen LogP contribution in [0.4, 0.5) is 0 Å². The van der Waals surface area contributed by atoms with E-state index in [4.69, 9.17) is 4.42 Å². The molecule has 0 saturated heterocycles. The quantitative estimate of drug-likeness (QED) is 0.169. The van der Waals surface area contributed by atoms with Crippen LogP contribution in [-0.2, 0) is 16.2 Å². The first-order chi connectivity index (χ1) is 65.3. The summed E-state index contributed by atoms with van der Waals surface area (Å²) in [5, 5.41) is 18.3. The Kier molecular flexibility index (Phi) is 15.1. The third-order valence-corrected chi connectivity index (χ3v) is 31.4. The highest BCUT2D eigenvalue weighted by atomic mass is 16.3. The van der Waals surface area contributed by atoms with Crippen molar-refractivity contribution in [3.8, 4) is 139 Å². The van der Waals surface area contributed by atoms with Gasteiger partial charge in [-0.15, -0.1) is 0 Å². The van der Waals surface area contributed by atoms with Crippen molar-refractivity contribution >= 4 is 120 Å². The Morgan fingerprint density at radius 2 is 0.504 bits per heavy atom. The van der Waals surface area contributed by atoms with Gasteiger partial charge in [0.05, 0.1) is 38.8 Å². The van der Waals surface area contributed by atoms with Crippen molar-refractivity contribution in [2.24, 2.45) is 0 Å². The molecule has 622 valence electrons. The van der Waals surface area contributed by atoms with E-state index in [0.717, 1.165) is 27.6 Å². The van der Waals surface area contributed by atoms with E-state index < -0.39 is 0 Å². The zero-order valence-electron chi connectivity index (χ0n) is 74.4. The van der Waals surface area contributed by atoms with E-state index >= 15 is 0 Å². The van der Waals surface area contributed by atoms with Crippen LogP contribution < -0.4 is 0 Å². The second kappa shape index (κ2) is 26.9. The van der Waals surface area contributed by atoms with Gasteiger partial charge in [0.15, 0.2) is 0 Å². The Morgan fingerprint density at radius 1 is 0.180 bits per heavy atom. The number of rotatable bonds is 5. The minimum absolute atomic E-state index is 0.0599. The summed E-state index contributed by atoms with van der Waals surface area (Å²) in [5.41, 5.74) is 50.2. The number of hydrogen-bond donors (Lipinski definition) is 0. The van der Waals surface area contributed by atoms with Crippen LogP contribution in [0.15, 0.2) is 411 Å². The third-order valence-electron chi connectivity index (χ3n) is 31.4. The summed E-state index contributed by atoms with van der Waals surface area (Å²) in [5.74, 6) is 0. The average Bonchev–Trinajstić information content (AvgIpc) is 1.54. The largest absolute Gasteiger partial charge is 0.456 e. The van der Waals surface area contributed by atoms with E-state index in [1.165, 1.54) is 265 Å². The van der Waals surface area contributed by atoms with Crippen LogP contribution >= 0.6 is 0 Å². The molecule has 0 atom stereocenters. The standard InChI is InChI=1S/C49H31NO.C43H29N.C37H25N/c1-49(2)41-16-7-5-12-33(41)37-22-23-43-47(48(37)49)38-13-6-8-17-42(38)50(43)29-19-25-45-40(27-29)39-26-28(18-24-44(39)51-45)30-20-21-36-32-11-4-3-10-31(32)35-15-9-14-34(30)46(35)36;1-43(2)36-19-8-5-14-29(36)34-24-25-39-41(42(34)43)35-16-7-10-21-38(35)44(39)37-20-9-6-15-30(37)28-22-23-33-27-13-4-3-12-26(27)31-17-11-18-32(28)40(31)33;1-37(2)31-15-5-3-11-25(31)28-19-20-33-35(36(28)37)29-12-4-6-16-32(29)38(33)23-17-18-24-26-13-7-9-22-10-8-14-27(34(22)26)30(24)21-23/h3-27H,1-2H3;3-25H,1-2H3;3-21H,1-2H3. The number of benzene rings is 21. The molecule has 0 bridgehead atoms. The molecule has 0 radical (unpaired) electrons. The summed E-state index contributed by atoms with van der Waals surface area (Å²) in [6, 6.07) is 151. The molecular formula is C129H85N3O. The predicted octanol–water partition coefficient (Wildman–Crippen LogP) is 34.9. The maximum atomic E-state index is 6.48. The van der Waals surface area contributed by atoms with Gasteiger partial charge in [0.25, 0.3) is 0 Å². The Hall–Kier alpha value is -16.4. The highest BCUT2D eigenvalue weighted by Gasteiger charge is 2.42. The molecule has 0 spiro atoms. The zero-order valence-corrected chi connectivity index (χ0v) is 74.4. The summed E-state index contributed by atoms with van der Waals surface area (Å²) < 4.78 is 13.9. The summed E-state index contributed by atoms with van der Waals surface area (Å²) in [7, 11) is 0. The molecule has 0 N–H and O–H groups in total. The molecule has 4 aromatic heterocycles. The molecule has 0 unspecified atom stereocenters. The van der Waals surface area contributed by atoms with E-state index in [1.54, 1.807) is 0 Å². The van der Waals surface area contributed by atoms with Gasteiger partial charge in [-0.05, 0) is 267 Å². The summed E-state index contributed by atoms with van der Waals surface area (Å²) >= 11 is 0. The first-order valence-electron chi connectivity index (χ1n) is 46.9. The first kappa shape index (κ1) is 74.5. The smallest absolute Gasteiger partial charge is 0.135 e. The lowest BCUT2D eigenvalue weighted by atomic mass is 9.80. The molecule has 25 aromatic rings. The van der Waals surface area contributed by atoms with Gasteiger partial charge in [-0.25, -0.2) is 0 Å². The number of hydrogen-bond acceptors (Lipinski definition) is 1. The van der Waals surface area contributed by atoms with Gasteiger partial charge >= 0.3 is 0 Å². The number of aromatic nitrogens is 3. The van der Waals surface area contributed by atoms with E-state index in [-0.39, 0.29) is 16.2 Å². The van der Waals surface area contributed by atoms with Crippen molar-refractivity contribution < 1.29 is 4.42 Å². The molecular weight excluding hydrogens is 1610 g/mol. The summed E-state index contributed by atoms with van der Waals surface area (Å²) in [6.45, 7) is 14.3. The molecule has 0 aliphatic heterocycles. The van der Waals surface area contributed by atoms with Gasteiger partial charge in [0.2, 0.25) is 0 Å². The number of para-hydroxylation sites is 4. The number of fused-ring (bicyclic) bond motifs is 33. The number of nitrogens with zero attached hydrogens (tertiary/aromatic N) is 3. The van der Waals surface area contributed by atoms with Crippen molar-refractivity contribution in [1.29, 1.82) is 0 Å². The van der Waals surface area contributed by atoms with Gasteiger partial charge in [-0.2, -0.15) is 0 Å². The molecule has 6 aliphatic carbocycles. The summed E-state index contributed by atoms with van der Waals surface area (Å²) in [4.78, 5) is 0. The van der Waals surface area contributed by atoms with Gasteiger partial charge in [-0.3, -0.25) is 0 Å². The Labute approximate surface area is 769 Å². The second-order valence-corrected chi connectivity index (χ2v) is 39.0. The Morgan fingerprint density at radius 3 is 1.01 bits per heavy atom. The van der Waals surface area contributed by atoms with Crippen LogP contribution in [0.1, 0.15) is 74.9 Å². The normalized spacial score (nSPS) is 14.0. The topological polar surface area (TPSA) is 27.9 Å². The first-order valence-corrected chi connectivity index (χ1v) is 46.9. The molecule has 21 aromatic carbocycles. The molecule has 4 heteroatoms.